The highest BCUT2D eigenvalue weighted by molar-refractivity contribution is 5.64. The lowest BCUT2D eigenvalue weighted by Crippen LogP contribution is -2.27. The minimum Gasteiger partial charge on any atom is -0.464 e. The summed E-state index contributed by atoms with van der Waals surface area (Å²) in [5, 5.41) is 12.2. The molecule has 164 valence electrons. The Kier molecular flexibility index (Phi) is 5.32. The van der Waals surface area contributed by atoms with Crippen molar-refractivity contribution in [3.8, 4) is 22.6 Å². The maximum absolute atomic E-state index is 12.3. The molecule has 1 atom stereocenters. The Morgan fingerprint density at radius 2 is 1.88 bits per heavy atom. The second-order valence-corrected chi connectivity index (χ2v) is 7.74. The Hall–Kier alpha value is -4.46. The highest BCUT2D eigenvalue weighted by Crippen LogP contribution is 2.28. The highest BCUT2D eigenvalue weighted by Gasteiger charge is 2.19. The quantitative estimate of drug-likeness (QED) is 0.443. The van der Waals surface area contributed by atoms with Gasteiger partial charge in [-0.15, -0.1) is 0 Å². The van der Waals surface area contributed by atoms with E-state index in [4.69, 9.17) is 4.74 Å². The van der Waals surface area contributed by atoms with Gasteiger partial charge < -0.3 is 4.74 Å². The third kappa shape index (κ3) is 4.06. The van der Waals surface area contributed by atoms with Gasteiger partial charge in [0, 0.05) is 24.4 Å². The van der Waals surface area contributed by atoms with Crippen LogP contribution in [0.3, 0.4) is 0 Å². The number of para-hydroxylation sites is 1. The topological polar surface area (TPSA) is 79.8 Å². The van der Waals surface area contributed by atoms with Crippen molar-refractivity contribution < 1.29 is 4.74 Å². The molecule has 2 heterocycles. The first-order chi connectivity index (χ1) is 16.1. The van der Waals surface area contributed by atoms with E-state index in [1.807, 2.05) is 90.8 Å². The number of tetrazole rings is 1. The predicted molar refractivity (Wildman–Crippen MR) is 125 cm³/mol. The Morgan fingerprint density at radius 1 is 1.03 bits per heavy atom. The van der Waals surface area contributed by atoms with Crippen LogP contribution in [0.1, 0.15) is 11.6 Å². The van der Waals surface area contributed by atoms with E-state index in [1.165, 1.54) is 9.36 Å². The summed E-state index contributed by atoms with van der Waals surface area (Å²) in [6.45, 7) is 2.00. The van der Waals surface area contributed by atoms with E-state index in [2.05, 4.69) is 21.6 Å². The monoisotopic (exact) mass is 438 g/mol. The Bertz CT molecular complexity index is 1440. The molecule has 4 aromatic rings. The summed E-state index contributed by atoms with van der Waals surface area (Å²) < 4.78 is 10.4. The zero-order chi connectivity index (χ0) is 22.8. The number of aryl methyl sites for hydroxylation is 2. The summed E-state index contributed by atoms with van der Waals surface area (Å²) in [5.41, 5.74) is 4.59. The summed E-state index contributed by atoms with van der Waals surface area (Å²) in [5.74, 6) is 0.731. The van der Waals surface area contributed by atoms with Crippen molar-refractivity contribution in [1.29, 1.82) is 0 Å². The standard InChI is InChI=1S/C25H22N6O2/c1-18-14-19(21-15-26-30(16-21)22-9-4-3-5-10-22)12-13-24(18)33-17-20-8-6-7-11-23(20)31-25(32)29(2)27-28-31/h3-17,23H,1-2H3. The lowest BCUT2D eigenvalue weighted by atomic mass is 10.0. The van der Waals surface area contributed by atoms with Gasteiger partial charge in [0.2, 0.25) is 0 Å². The summed E-state index contributed by atoms with van der Waals surface area (Å²) in [7, 11) is 1.57. The molecule has 0 fully saturated rings. The van der Waals surface area contributed by atoms with Gasteiger partial charge in [0.05, 0.1) is 18.1 Å². The average Bonchev–Trinajstić information content (AvgIpc) is 3.47. The fourth-order valence-corrected chi connectivity index (χ4v) is 3.67. The number of nitrogens with zero attached hydrogens (tertiary/aromatic N) is 6. The van der Waals surface area contributed by atoms with E-state index >= 15 is 0 Å². The van der Waals surface area contributed by atoms with Crippen LogP contribution in [-0.2, 0) is 7.05 Å². The lowest BCUT2D eigenvalue weighted by Gasteiger charge is -2.16. The van der Waals surface area contributed by atoms with Crippen LogP contribution < -0.4 is 10.4 Å². The van der Waals surface area contributed by atoms with Crippen molar-refractivity contribution in [2.24, 2.45) is 7.05 Å². The van der Waals surface area contributed by atoms with Crippen molar-refractivity contribution in [1.82, 2.24) is 29.6 Å². The predicted octanol–water partition coefficient (Wildman–Crippen LogP) is 3.77. The van der Waals surface area contributed by atoms with Gasteiger partial charge in [0.25, 0.3) is 0 Å². The van der Waals surface area contributed by atoms with Crippen LogP contribution in [0.25, 0.3) is 16.8 Å². The van der Waals surface area contributed by atoms with Crippen LogP contribution in [0.2, 0.25) is 0 Å². The molecule has 0 saturated carbocycles. The molecule has 0 amide bonds. The molecule has 33 heavy (non-hydrogen) atoms. The van der Waals surface area contributed by atoms with Crippen LogP contribution in [-0.4, -0.2) is 29.6 Å². The summed E-state index contributed by atoms with van der Waals surface area (Å²) in [6, 6.07) is 15.6. The number of hydrogen-bond donors (Lipinski definition) is 0. The molecule has 1 aliphatic rings. The van der Waals surface area contributed by atoms with Gasteiger partial charge in [-0.25, -0.2) is 9.48 Å². The molecule has 1 unspecified atom stereocenters. The van der Waals surface area contributed by atoms with E-state index in [1.54, 1.807) is 13.3 Å². The Labute approximate surface area is 190 Å². The zero-order valence-electron chi connectivity index (χ0n) is 18.2. The van der Waals surface area contributed by atoms with Gasteiger partial charge in [-0.3, -0.25) is 0 Å². The average molecular weight is 438 g/mol. The summed E-state index contributed by atoms with van der Waals surface area (Å²) >= 11 is 0. The Balaban J connectivity index is 1.37. The second kappa shape index (κ2) is 8.58. The molecule has 2 aromatic heterocycles. The van der Waals surface area contributed by atoms with Gasteiger partial charge in [0.15, 0.2) is 0 Å². The highest BCUT2D eigenvalue weighted by atomic mass is 16.5. The number of allylic oxidation sites excluding steroid dienone is 5. The van der Waals surface area contributed by atoms with Crippen molar-refractivity contribution in [3.05, 3.63) is 113 Å². The zero-order valence-corrected chi connectivity index (χ0v) is 18.2. The minimum atomic E-state index is -0.375. The largest absolute Gasteiger partial charge is 0.464 e. The van der Waals surface area contributed by atoms with E-state index in [0.717, 1.165) is 33.7 Å². The third-order valence-electron chi connectivity index (χ3n) is 5.48. The fourth-order valence-electron chi connectivity index (χ4n) is 3.67. The van der Waals surface area contributed by atoms with Crippen molar-refractivity contribution in [2.75, 3.05) is 0 Å². The SMILES string of the molecule is Cc1cc(-c2cnn(-c3ccccc3)c2)ccc1OC=C1C=CC=CC1n1nnn(C)c1=O. The van der Waals surface area contributed by atoms with Crippen molar-refractivity contribution in [3.63, 3.8) is 0 Å². The third-order valence-corrected chi connectivity index (χ3v) is 5.48. The Morgan fingerprint density at radius 3 is 2.64 bits per heavy atom. The van der Waals surface area contributed by atoms with Gasteiger partial charge in [-0.1, -0.05) is 48.6 Å². The van der Waals surface area contributed by atoms with E-state index in [-0.39, 0.29) is 11.7 Å². The first-order valence-electron chi connectivity index (χ1n) is 10.5. The number of rotatable bonds is 5. The van der Waals surface area contributed by atoms with E-state index < -0.39 is 0 Å². The van der Waals surface area contributed by atoms with E-state index in [9.17, 15) is 4.79 Å². The van der Waals surface area contributed by atoms with Crippen LogP contribution in [0, 0.1) is 6.92 Å². The van der Waals surface area contributed by atoms with Gasteiger partial charge in [-0.05, 0) is 52.7 Å². The van der Waals surface area contributed by atoms with Crippen LogP contribution in [0.4, 0.5) is 0 Å². The summed E-state index contributed by atoms with van der Waals surface area (Å²) in [6.07, 6.45) is 13.1. The molecule has 0 bridgehead atoms. The van der Waals surface area contributed by atoms with Crippen LogP contribution >= 0.6 is 0 Å². The molecule has 0 saturated heterocycles. The number of hydrogen-bond acceptors (Lipinski definition) is 5. The van der Waals surface area contributed by atoms with Crippen LogP contribution in [0.5, 0.6) is 5.75 Å². The van der Waals surface area contributed by atoms with Gasteiger partial charge >= 0.3 is 5.69 Å². The maximum Gasteiger partial charge on any atom is 0.364 e. The lowest BCUT2D eigenvalue weighted by molar-refractivity contribution is 0.459. The smallest absolute Gasteiger partial charge is 0.364 e. The molecule has 0 N–H and O–H groups in total. The maximum atomic E-state index is 12.3. The molecule has 8 heteroatoms. The minimum absolute atomic E-state index is 0.289. The normalized spacial score (nSPS) is 16.4. The van der Waals surface area contributed by atoms with Gasteiger partial charge in [-0.2, -0.15) is 14.5 Å². The summed E-state index contributed by atoms with van der Waals surface area (Å²) in [4.78, 5) is 12.3. The van der Waals surface area contributed by atoms with Crippen molar-refractivity contribution in [2.45, 2.75) is 13.0 Å². The molecule has 0 radical (unpaired) electrons. The van der Waals surface area contributed by atoms with Crippen LogP contribution in [0.15, 0.2) is 102 Å². The first-order valence-corrected chi connectivity index (χ1v) is 10.5. The second-order valence-electron chi connectivity index (χ2n) is 7.74. The number of aromatic nitrogens is 6. The molecule has 0 spiro atoms. The first kappa shape index (κ1) is 20.4. The van der Waals surface area contributed by atoms with Gasteiger partial charge in [0.1, 0.15) is 11.8 Å². The molecule has 8 nitrogen and oxygen atoms in total. The fraction of sp³-hybridized carbons (Fsp3) is 0.120. The number of benzene rings is 2. The molecule has 0 aliphatic heterocycles. The molecule has 5 rings (SSSR count). The molecule has 2 aromatic carbocycles. The van der Waals surface area contributed by atoms with Crippen molar-refractivity contribution >= 4 is 0 Å². The molecular formula is C25H22N6O2. The molecular weight excluding hydrogens is 416 g/mol. The van der Waals surface area contributed by atoms with E-state index in [0.29, 0.717) is 0 Å². The molecule has 1 aliphatic carbocycles. The number of ether oxygens (including phenoxy) is 1.